The second-order valence-corrected chi connectivity index (χ2v) is 6.59. The zero-order chi connectivity index (χ0) is 14.9. The van der Waals surface area contributed by atoms with E-state index in [-0.39, 0.29) is 0 Å². The van der Waals surface area contributed by atoms with E-state index in [0.717, 1.165) is 37.2 Å². The molecule has 2 N–H and O–H groups in total. The van der Waals surface area contributed by atoms with Gasteiger partial charge in [0.05, 0.1) is 12.0 Å². The zero-order valence-electron chi connectivity index (χ0n) is 12.2. The fourth-order valence-corrected chi connectivity index (χ4v) is 3.06. The Morgan fingerprint density at radius 1 is 1.38 bits per heavy atom. The largest absolute Gasteiger partial charge is 0.339 e. The molecule has 1 fully saturated rings. The van der Waals surface area contributed by atoms with Crippen molar-refractivity contribution < 1.29 is 4.52 Å². The maximum atomic E-state index is 6.47. The average Bonchev–Trinajstić information content (AvgIpc) is 2.92. The molecule has 5 heteroatoms. The normalized spacial score (nSPS) is 26.0. The van der Waals surface area contributed by atoms with Crippen molar-refractivity contribution >= 4 is 11.6 Å². The Balaban J connectivity index is 1.74. The molecule has 1 heterocycles. The molecule has 0 saturated heterocycles. The molecule has 1 saturated carbocycles. The van der Waals surface area contributed by atoms with Crippen molar-refractivity contribution in [3.05, 3.63) is 46.6 Å². The lowest BCUT2D eigenvalue weighted by Gasteiger charge is -2.33. The molecule has 1 aliphatic carbocycles. The first-order chi connectivity index (χ1) is 10.0. The molecule has 0 bridgehead atoms. The molecule has 1 aliphatic rings. The number of halogens is 1. The maximum Gasteiger partial charge on any atom is 0.231 e. The van der Waals surface area contributed by atoms with Crippen LogP contribution in [0.25, 0.3) is 0 Å². The van der Waals surface area contributed by atoms with Gasteiger partial charge in [0.25, 0.3) is 0 Å². The Hall–Kier alpha value is -1.39. The second-order valence-electron chi connectivity index (χ2n) is 6.16. The quantitative estimate of drug-likeness (QED) is 0.939. The van der Waals surface area contributed by atoms with Crippen LogP contribution in [0.3, 0.4) is 0 Å². The summed E-state index contributed by atoms with van der Waals surface area (Å²) in [5.41, 5.74) is 7.10. The number of nitrogens with zero attached hydrogens (tertiary/aromatic N) is 2. The summed E-state index contributed by atoms with van der Waals surface area (Å²) in [4.78, 5) is 4.51. The van der Waals surface area contributed by atoms with Crippen molar-refractivity contribution in [2.24, 2.45) is 11.7 Å². The summed E-state index contributed by atoms with van der Waals surface area (Å²) in [5.74, 6) is 1.97. The topological polar surface area (TPSA) is 64.9 Å². The first-order valence-electron chi connectivity index (χ1n) is 7.41. The van der Waals surface area contributed by atoms with E-state index in [1.807, 2.05) is 24.3 Å². The van der Waals surface area contributed by atoms with E-state index in [9.17, 15) is 0 Å². The Morgan fingerprint density at radius 3 is 2.86 bits per heavy atom. The molecule has 0 unspecified atom stereocenters. The van der Waals surface area contributed by atoms with Gasteiger partial charge in [0, 0.05) is 5.02 Å². The predicted octanol–water partition coefficient (Wildman–Crippen LogP) is 3.68. The molecule has 21 heavy (non-hydrogen) atoms. The Morgan fingerprint density at radius 2 is 2.14 bits per heavy atom. The standard InChI is InChI=1S/C16H20ClN3O/c1-11-5-7-16(18,8-6-11)15-19-14(21-20-15)10-12-3-2-4-13(17)9-12/h2-4,9,11H,5-8,10,18H2,1H3. The van der Waals surface area contributed by atoms with Gasteiger partial charge in [0.1, 0.15) is 0 Å². The van der Waals surface area contributed by atoms with E-state index >= 15 is 0 Å². The molecule has 112 valence electrons. The number of nitrogens with two attached hydrogens (primary N) is 1. The highest BCUT2D eigenvalue weighted by Crippen LogP contribution is 2.36. The van der Waals surface area contributed by atoms with Gasteiger partial charge in [-0.3, -0.25) is 0 Å². The minimum Gasteiger partial charge on any atom is -0.339 e. The summed E-state index contributed by atoms with van der Waals surface area (Å²) in [5, 5.41) is 4.82. The van der Waals surface area contributed by atoms with Crippen molar-refractivity contribution in [2.45, 2.75) is 44.6 Å². The predicted molar refractivity (Wildman–Crippen MR) is 82.1 cm³/mol. The number of benzene rings is 1. The highest BCUT2D eigenvalue weighted by molar-refractivity contribution is 6.30. The lowest BCUT2D eigenvalue weighted by Crippen LogP contribution is -2.41. The van der Waals surface area contributed by atoms with E-state index in [2.05, 4.69) is 17.1 Å². The van der Waals surface area contributed by atoms with Gasteiger partial charge in [-0.25, -0.2) is 0 Å². The molecule has 1 aromatic carbocycles. The van der Waals surface area contributed by atoms with Gasteiger partial charge in [-0.1, -0.05) is 35.8 Å². The van der Waals surface area contributed by atoms with Gasteiger partial charge in [-0.05, 0) is 49.3 Å². The summed E-state index contributed by atoms with van der Waals surface area (Å²) in [6.45, 7) is 2.26. The Bertz CT molecular complexity index is 617. The summed E-state index contributed by atoms with van der Waals surface area (Å²) in [7, 11) is 0. The summed E-state index contributed by atoms with van der Waals surface area (Å²) in [6.07, 6.45) is 4.66. The smallest absolute Gasteiger partial charge is 0.231 e. The minimum atomic E-state index is -0.428. The number of aromatic nitrogens is 2. The van der Waals surface area contributed by atoms with Crippen LogP contribution in [0.15, 0.2) is 28.8 Å². The molecule has 3 rings (SSSR count). The van der Waals surface area contributed by atoms with E-state index in [0.29, 0.717) is 23.2 Å². The van der Waals surface area contributed by atoms with Crippen LogP contribution < -0.4 is 5.73 Å². The molecule has 0 aliphatic heterocycles. The van der Waals surface area contributed by atoms with Gasteiger partial charge in [-0.15, -0.1) is 0 Å². The van der Waals surface area contributed by atoms with E-state index in [1.54, 1.807) is 0 Å². The van der Waals surface area contributed by atoms with E-state index < -0.39 is 5.54 Å². The summed E-state index contributed by atoms with van der Waals surface area (Å²) in [6, 6.07) is 7.67. The molecule has 0 spiro atoms. The fourth-order valence-electron chi connectivity index (χ4n) is 2.85. The van der Waals surface area contributed by atoms with Crippen LogP contribution in [0.2, 0.25) is 5.02 Å². The van der Waals surface area contributed by atoms with Crippen LogP contribution in [0.4, 0.5) is 0 Å². The zero-order valence-corrected chi connectivity index (χ0v) is 12.9. The summed E-state index contributed by atoms with van der Waals surface area (Å²) < 4.78 is 5.37. The first-order valence-corrected chi connectivity index (χ1v) is 7.79. The van der Waals surface area contributed by atoms with E-state index in [1.165, 1.54) is 0 Å². The Labute approximate surface area is 129 Å². The van der Waals surface area contributed by atoms with Crippen molar-refractivity contribution in [3.8, 4) is 0 Å². The first kappa shape index (κ1) is 14.5. The molecular formula is C16H20ClN3O. The minimum absolute atomic E-state index is 0.428. The maximum absolute atomic E-state index is 6.47. The molecule has 1 aromatic heterocycles. The number of rotatable bonds is 3. The van der Waals surface area contributed by atoms with Crippen LogP contribution >= 0.6 is 11.6 Å². The van der Waals surface area contributed by atoms with Crippen molar-refractivity contribution in [2.75, 3.05) is 0 Å². The Kier molecular flexibility index (Phi) is 4.00. The third-order valence-corrected chi connectivity index (χ3v) is 4.56. The van der Waals surface area contributed by atoms with E-state index in [4.69, 9.17) is 21.9 Å². The van der Waals surface area contributed by atoms with Crippen LogP contribution in [0, 0.1) is 5.92 Å². The van der Waals surface area contributed by atoms with Gasteiger partial charge in [-0.2, -0.15) is 4.98 Å². The van der Waals surface area contributed by atoms with Gasteiger partial charge >= 0.3 is 0 Å². The van der Waals surface area contributed by atoms with Crippen LogP contribution in [0.5, 0.6) is 0 Å². The highest BCUT2D eigenvalue weighted by Gasteiger charge is 2.36. The van der Waals surface area contributed by atoms with Crippen molar-refractivity contribution in [1.82, 2.24) is 10.1 Å². The third-order valence-electron chi connectivity index (χ3n) is 4.32. The van der Waals surface area contributed by atoms with Gasteiger partial charge in [0.2, 0.25) is 5.89 Å². The fraction of sp³-hybridized carbons (Fsp3) is 0.500. The van der Waals surface area contributed by atoms with Crippen LogP contribution in [0.1, 0.15) is 49.9 Å². The third kappa shape index (κ3) is 3.27. The molecule has 0 radical (unpaired) electrons. The molecule has 0 amide bonds. The van der Waals surface area contributed by atoms with Gasteiger partial charge < -0.3 is 10.3 Å². The van der Waals surface area contributed by atoms with Crippen molar-refractivity contribution in [3.63, 3.8) is 0 Å². The SMILES string of the molecule is CC1CCC(N)(c2noc(Cc3cccc(Cl)c3)n2)CC1. The monoisotopic (exact) mass is 305 g/mol. The summed E-state index contributed by atoms with van der Waals surface area (Å²) >= 11 is 5.99. The van der Waals surface area contributed by atoms with Crippen LogP contribution in [-0.2, 0) is 12.0 Å². The second kappa shape index (κ2) is 5.78. The molecule has 2 aromatic rings. The van der Waals surface area contributed by atoms with Crippen molar-refractivity contribution in [1.29, 1.82) is 0 Å². The lowest BCUT2D eigenvalue weighted by molar-refractivity contribution is 0.230. The number of hydrogen-bond acceptors (Lipinski definition) is 4. The molecule has 4 nitrogen and oxygen atoms in total. The average molecular weight is 306 g/mol. The number of hydrogen-bond donors (Lipinski definition) is 1. The highest BCUT2D eigenvalue weighted by atomic mass is 35.5. The molecular weight excluding hydrogens is 286 g/mol. The lowest BCUT2D eigenvalue weighted by atomic mass is 9.77. The van der Waals surface area contributed by atoms with Gasteiger partial charge in [0.15, 0.2) is 5.82 Å². The molecule has 0 atom stereocenters. The van der Waals surface area contributed by atoms with Crippen LogP contribution in [-0.4, -0.2) is 10.1 Å².